The second-order valence-corrected chi connectivity index (χ2v) is 6.56. The number of hydrogen-bond acceptors (Lipinski definition) is 3. The lowest BCUT2D eigenvalue weighted by Gasteiger charge is -2.22. The van der Waals surface area contributed by atoms with Crippen molar-refractivity contribution in [3.8, 4) is 0 Å². The Kier molecular flexibility index (Phi) is 6.62. The molecule has 0 aromatic carbocycles. The third-order valence-corrected chi connectivity index (χ3v) is 4.33. The van der Waals surface area contributed by atoms with Crippen LogP contribution < -0.4 is 5.32 Å². The van der Waals surface area contributed by atoms with Crippen LogP contribution in [0.4, 0.5) is 0 Å². The van der Waals surface area contributed by atoms with Gasteiger partial charge >= 0.3 is 0 Å². The second-order valence-electron chi connectivity index (χ2n) is 6.56. The molecule has 0 aromatic heterocycles. The Morgan fingerprint density at radius 3 is 2.47 bits per heavy atom. The van der Waals surface area contributed by atoms with Gasteiger partial charge in [0.25, 0.3) is 0 Å². The third-order valence-electron chi connectivity index (χ3n) is 4.33. The van der Waals surface area contributed by atoms with Crippen LogP contribution in [-0.4, -0.2) is 38.0 Å². The minimum Gasteiger partial charge on any atom is -0.378 e. The maximum atomic E-state index is 6.01. The van der Waals surface area contributed by atoms with Crippen molar-refractivity contribution in [3.05, 3.63) is 0 Å². The quantitative estimate of drug-likeness (QED) is 0.770. The summed E-state index contributed by atoms with van der Waals surface area (Å²) in [6, 6.07) is 0.546. The summed E-state index contributed by atoms with van der Waals surface area (Å²) in [6.07, 6.45) is 10.0. The van der Waals surface area contributed by atoms with Crippen LogP contribution in [-0.2, 0) is 9.47 Å². The molecule has 2 aliphatic rings. The first-order chi connectivity index (χ1) is 9.24. The summed E-state index contributed by atoms with van der Waals surface area (Å²) in [5.41, 5.74) is 0. The Morgan fingerprint density at radius 2 is 1.74 bits per heavy atom. The van der Waals surface area contributed by atoms with E-state index in [1.807, 2.05) is 0 Å². The zero-order chi connectivity index (χ0) is 13.5. The van der Waals surface area contributed by atoms with Crippen molar-refractivity contribution in [2.24, 2.45) is 5.92 Å². The van der Waals surface area contributed by atoms with Gasteiger partial charge in [-0.3, -0.25) is 0 Å². The Morgan fingerprint density at radius 1 is 1.00 bits per heavy atom. The van der Waals surface area contributed by atoms with Crippen molar-refractivity contribution >= 4 is 0 Å². The zero-order valence-corrected chi connectivity index (χ0v) is 12.7. The van der Waals surface area contributed by atoms with Crippen LogP contribution >= 0.6 is 0 Å². The van der Waals surface area contributed by atoms with Gasteiger partial charge < -0.3 is 14.8 Å². The average Bonchev–Trinajstić information content (AvgIpc) is 2.86. The van der Waals surface area contributed by atoms with E-state index in [-0.39, 0.29) is 0 Å². The van der Waals surface area contributed by atoms with E-state index >= 15 is 0 Å². The first-order valence-corrected chi connectivity index (χ1v) is 8.20. The van der Waals surface area contributed by atoms with Crippen LogP contribution in [0.25, 0.3) is 0 Å². The third kappa shape index (κ3) is 5.80. The molecular formula is C16H31NO2. The molecule has 0 amide bonds. The Bertz CT molecular complexity index is 239. The van der Waals surface area contributed by atoms with Gasteiger partial charge in [0, 0.05) is 19.2 Å². The Balaban J connectivity index is 1.52. The van der Waals surface area contributed by atoms with Gasteiger partial charge in [-0.1, -0.05) is 33.1 Å². The molecule has 19 heavy (non-hydrogen) atoms. The molecule has 0 spiro atoms. The van der Waals surface area contributed by atoms with Gasteiger partial charge in [-0.25, -0.2) is 0 Å². The molecule has 2 unspecified atom stereocenters. The summed E-state index contributed by atoms with van der Waals surface area (Å²) < 4.78 is 11.9. The molecule has 1 N–H and O–H groups in total. The molecule has 1 aliphatic carbocycles. The average molecular weight is 269 g/mol. The van der Waals surface area contributed by atoms with E-state index in [1.165, 1.54) is 38.5 Å². The fraction of sp³-hybridized carbons (Fsp3) is 1.00. The van der Waals surface area contributed by atoms with Crippen molar-refractivity contribution in [1.29, 1.82) is 0 Å². The van der Waals surface area contributed by atoms with Crippen LogP contribution in [0.2, 0.25) is 0 Å². The van der Waals surface area contributed by atoms with Crippen molar-refractivity contribution < 1.29 is 9.47 Å². The molecule has 1 heterocycles. The molecule has 2 rings (SSSR count). The summed E-state index contributed by atoms with van der Waals surface area (Å²) in [5, 5.41) is 3.45. The smallest absolute Gasteiger partial charge is 0.0813 e. The molecule has 1 aliphatic heterocycles. The van der Waals surface area contributed by atoms with Crippen molar-refractivity contribution in [2.75, 3.05) is 19.8 Å². The van der Waals surface area contributed by atoms with Crippen LogP contribution in [0, 0.1) is 5.92 Å². The van der Waals surface area contributed by atoms with Crippen molar-refractivity contribution in [3.63, 3.8) is 0 Å². The molecule has 2 atom stereocenters. The minimum atomic E-state index is 0.336. The van der Waals surface area contributed by atoms with Gasteiger partial charge in [0.1, 0.15) is 0 Å². The van der Waals surface area contributed by atoms with Crippen molar-refractivity contribution in [1.82, 2.24) is 5.32 Å². The molecule has 2 fully saturated rings. The van der Waals surface area contributed by atoms with Gasteiger partial charge in [-0.15, -0.1) is 0 Å². The van der Waals surface area contributed by atoms with E-state index in [9.17, 15) is 0 Å². The van der Waals surface area contributed by atoms with E-state index in [2.05, 4.69) is 19.2 Å². The number of nitrogens with one attached hydrogen (secondary N) is 1. The topological polar surface area (TPSA) is 30.5 Å². The number of ether oxygens (including phenoxy) is 2. The number of hydrogen-bond donors (Lipinski definition) is 1. The number of rotatable bonds is 7. The van der Waals surface area contributed by atoms with E-state index in [1.54, 1.807) is 0 Å². The molecule has 3 nitrogen and oxygen atoms in total. The lowest BCUT2D eigenvalue weighted by Crippen LogP contribution is -2.32. The highest BCUT2D eigenvalue weighted by atomic mass is 16.5. The molecule has 1 saturated carbocycles. The molecule has 0 aromatic rings. The lowest BCUT2D eigenvalue weighted by atomic mass is 9.90. The largest absolute Gasteiger partial charge is 0.378 e. The zero-order valence-electron chi connectivity index (χ0n) is 12.7. The summed E-state index contributed by atoms with van der Waals surface area (Å²) in [5.74, 6) is 0.813. The van der Waals surface area contributed by atoms with Gasteiger partial charge in [-0.2, -0.15) is 0 Å². The summed E-state index contributed by atoms with van der Waals surface area (Å²) in [4.78, 5) is 0. The highest BCUT2D eigenvalue weighted by Gasteiger charge is 2.25. The highest BCUT2D eigenvalue weighted by molar-refractivity contribution is 4.76. The standard InChI is InChI=1S/C16H31NO2/c1-13(2)17-10-15-8-9-16(19-15)12-18-11-14-6-4-3-5-7-14/h13-17H,3-12H2,1-2H3. The van der Waals surface area contributed by atoms with E-state index in [0.29, 0.717) is 18.2 Å². The first kappa shape index (κ1) is 15.3. The summed E-state index contributed by atoms with van der Waals surface area (Å²) >= 11 is 0. The molecule has 0 bridgehead atoms. The predicted molar refractivity (Wildman–Crippen MR) is 78.4 cm³/mol. The molecule has 0 radical (unpaired) electrons. The van der Waals surface area contributed by atoms with Gasteiger partial charge in [0.15, 0.2) is 0 Å². The lowest BCUT2D eigenvalue weighted by molar-refractivity contribution is -0.0249. The maximum absolute atomic E-state index is 6.01. The van der Waals surface area contributed by atoms with Crippen LogP contribution in [0.3, 0.4) is 0 Å². The van der Waals surface area contributed by atoms with Crippen LogP contribution in [0.1, 0.15) is 58.8 Å². The highest BCUT2D eigenvalue weighted by Crippen LogP contribution is 2.24. The minimum absolute atomic E-state index is 0.336. The van der Waals surface area contributed by atoms with Gasteiger partial charge in [-0.05, 0) is 31.6 Å². The first-order valence-electron chi connectivity index (χ1n) is 8.20. The molecule has 112 valence electrons. The molecule has 1 saturated heterocycles. The second kappa shape index (κ2) is 8.23. The summed E-state index contributed by atoms with van der Waals surface area (Å²) in [6.45, 7) is 7.10. The maximum Gasteiger partial charge on any atom is 0.0813 e. The SMILES string of the molecule is CC(C)NCC1CCC(COCC2CCCCC2)O1. The Hall–Kier alpha value is -0.120. The van der Waals surface area contributed by atoms with Gasteiger partial charge in [0.05, 0.1) is 18.8 Å². The fourth-order valence-electron chi connectivity index (χ4n) is 3.14. The predicted octanol–water partition coefficient (Wildman–Crippen LogP) is 3.13. The summed E-state index contributed by atoms with van der Waals surface area (Å²) in [7, 11) is 0. The normalized spacial score (nSPS) is 29.2. The van der Waals surface area contributed by atoms with E-state index in [4.69, 9.17) is 9.47 Å². The fourth-order valence-corrected chi connectivity index (χ4v) is 3.14. The van der Waals surface area contributed by atoms with Crippen LogP contribution in [0.5, 0.6) is 0 Å². The van der Waals surface area contributed by atoms with E-state index < -0.39 is 0 Å². The Labute approximate surface area is 118 Å². The van der Waals surface area contributed by atoms with Crippen molar-refractivity contribution in [2.45, 2.75) is 77.0 Å². The molecule has 3 heteroatoms. The van der Waals surface area contributed by atoms with E-state index in [0.717, 1.165) is 32.1 Å². The monoisotopic (exact) mass is 269 g/mol. The van der Waals surface area contributed by atoms with Gasteiger partial charge in [0.2, 0.25) is 0 Å². The van der Waals surface area contributed by atoms with Crippen LogP contribution in [0.15, 0.2) is 0 Å². The molecular weight excluding hydrogens is 238 g/mol.